The number of aliphatic imine (C=N–C) groups is 1. The molecule has 0 unspecified atom stereocenters. The lowest BCUT2D eigenvalue weighted by atomic mass is 9.73. The molecule has 136 valence electrons. The first-order valence-corrected chi connectivity index (χ1v) is 9.58. The van der Waals surface area contributed by atoms with Gasteiger partial charge in [-0.05, 0) is 54.9 Å². The van der Waals surface area contributed by atoms with E-state index in [9.17, 15) is 4.39 Å². The summed E-state index contributed by atoms with van der Waals surface area (Å²) in [6.45, 7) is 2.35. The first-order valence-electron chi connectivity index (χ1n) is 9.58. The summed E-state index contributed by atoms with van der Waals surface area (Å²) in [5.41, 5.74) is 2.35. The van der Waals surface area contributed by atoms with Gasteiger partial charge in [0.2, 0.25) is 0 Å². The summed E-state index contributed by atoms with van der Waals surface area (Å²) in [6.07, 6.45) is 4.50. The number of nitrogens with one attached hydrogen (secondary N) is 2. The summed E-state index contributed by atoms with van der Waals surface area (Å²) in [6, 6.07) is 17.6. The van der Waals surface area contributed by atoms with Crippen LogP contribution in [0.3, 0.4) is 0 Å². The second-order valence-corrected chi connectivity index (χ2v) is 7.41. The zero-order valence-corrected chi connectivity index (χ0v) is 15.0. The van der Waals surface area contributed by atoms with Crippen LogP contribution in [0, 0.1) is 5.82 Å². The molecule has 1 aliphatic carbocycles. The van der Waals surface area contributed by atoms with Crippen molar-refractivity contribution < 1.29 is 4.39 Å². The molecule has 0 aromatic heterocycles. The van der Waals surface area contributed by atoms with E-state index in [1.165, 1.54) is 11.6 Å². The Bertz CT molecular complexity index is 764. The smallest absolute Gasteiger partial charge is 0.123 e. The van der Waals surface area contributed by atoms with Crippen LogP contribution in [0.2, 0.25) is 0 Å². The summed E-state index contributed by atoms with van der Waals surface area (Å²) < 4.78 is 13.4. The molecule has 1 fully saturated rings. The Kier molecular flexibility index (Phi) is 5.02. The molecule has 2 aromatic rings. The molecule has 26 heavy (non-hydrogen) atoms. The monoisotopic (exact) mass is 351 g/mol. The van der Waals surface area contributed by atoms with E-state index in [1.807, 2.05) is 6.07 Å². The topological polar surface area (TPSA) is 36.4 Å². The van der Waals surface area contributed by atoms with E-state index in [4.69, 9.17) is 4.99 Å². The second kappa shape index (κ2) is 7.58. The fourth-order valence-corrected chi connectivity index (χ4v) is 4.34. The van der Waals surface area contributed by atoms with Crippen molar-refractivity contribution in [3.8, 4) is 0 Å². The maximum absolute atomic E-state index is 13.4. The first kappa shape index (κ1) is 17.2. The highest BCUT2D eigenvalue weighted by molar-refractivity contribution is 5.92. The van der Waals surface area contributed by atoms with Crippen LogP contribution in [-0.2, 0) is 6.54 Å². The minimum atomic E-state index is -0.189. The van der Waals surface area contributed by atoms with Gasteiger partial charge in [-0.15, -0.1) is 0 Å². The maximum atomic E-state index is 13.4. The largest absolute Gasteiger partial charge is 0.368 e. The quantitative estimate of drug-likeness (QED) is 0.876. The van der Waals surface area contributed by atoms with Gasteiger partial charge in [0, 0.05) is 13.1 Å². The van der Waals surface area contributed by atoms with Gasteiger partial charge in [0.05, 0.1) is 12.1 Å². The summed E-state index contributed by atoms with van der Waals surface area (Å²) in [7, 11) is 0. The van der Waals surface area contributed by atoms with E-state index in [0.717, 1.165) is 50.2 Å². The van der Waals surface area contributed by atoms with E-state index in [1.54, 1.807) is 12.1 Å². The van der Waals surface area contributed by atoms with Crippen molar-refractivity contribution >= 4 is 5.84 Å². The molecule has 0 radical (unpaired) electrons. The number of nitrogens with zero attached hydrogens (tertiary/aromatic N) is 1. The van der Waals surface area contributed by atoms with Gasteiger partial charge in [0.1, 0.15) is 11.7 Å². The van der Waals surface area contributed by atoms with Crippen LogP contribution in [0.25, 0.3) is 0 Å². The predicted octanol–water partition coefficient (Wildman–Crippen LogP) is 4.01. The van der Waals surface area contributed by atoms with E-state index in [-0.39, 0.29) is 11.4 Å². The lowest BCUT2D eigenvalue weighted by Crippen LogP contribution is -2.61. The molecule has 1 saturated carbocycles. The third-order valence-electron chi connectivity index (χ3n) is 5.76. The third-order valence-corrected chi connectivity index (χ3v) is 5.76. The number of halogens is 1. The number of rotatable bonds is 3. The third kappa shape index (κ3) is 3.65. The number of amidine groups is 1. The van der Waals surface area contributed by atoms with Gasteiger partial charge in [0.15, 0.2) is 0 Å². The molecule has 4 heteroatoms. The highest BCUT2D eigenvalue weighted by atomic mass is 19.1. The van der Waals surface area contributed by atoms with Crippen LogP contribution in [0.5, 0.6) is 0 Å². The van der Waals surface area contributed by atoms with Crippen molar-refractivity contribution in [2.24, 2.45) is 4.99 Å². The van der Waals surface area contributed by atoms with Gasteiger partial charge >= 0.3 is 0 Å². The molecule has 4 rings (SSSR count). The molecule has 1 aliphatic heterocycles. The van der Waals surface area contributed by atoms with Crippen molar-refractivity contribution in [3.63, 3.8) is 0 Å². The van der Waals surface area contributed by atoms with Crippen LogP contribution in [-0.4, -0.2) is 24.5 Å². The van der Waals surface area contributed by atoms with Crippen molar-refractivity contribution in [1.82, 2.24) is 10.6 Å². The molecule has 0 amide bonds. The van der Waals surface area contributed by atoms with Gasteiger partial charge in [-0.1, -0.05) is 42.5 Å². The molecule has 2 aromatic carbocycles. The number of hydrogen-bond acceptors (Lipinski definition) is 3. The van der Waals surface area contributed by atoms with Gasteiger partial charge < -0.3 is 10.6 Å². The number of benzene rings is 2. The van der Waals surface area contributed by atoms with Crippen LogP contribution in [0.1, 0.15) is 42.7 Å². The van der Waals surface area contributed by atoms with Crippen molar-refractivity contribution in [3.05, 3.63) is 71.5 Å². The highest BCUT2D eigenvalue weighted by Gasteiger charge is 2.41. The molecule has 1 heterocycles. The summed E-state index contributed by atoms with van der Waals surface area (Å²) in [5, 5.41) is 7.24. The SMILES string of the molecule is Fc1cccc(CNC2=NCCNC23CCC(c2ccccc2)CC3)c1. The first-order chi connectivity index (χ1) is 12.8. The molecule has 2 aliphatic rings. The standard InChI is InChI=1S/C22H26FN3/c23-20-8-4-5-17(15-20)16-25-21-22(26-14-13-24-21)11-9-19(10-12-22)18-6-2-1-3-7-18/h1-8,15,19,26H,9-14,16H2,(H,24,25). The maximum Gasteiger partial charge on any atom is 0.123 e. The van der Waals surface area contributed by atoms with Gasteiger partial charge in [-0.2, -0.15) is 0 Å². The molecule has 0 atom stereocenters. The Labute approximate surface area is 154 Å². The van der Waals surface area contributed by atoms with Gasteiger partial charge in [-0.25, -0.2) is 4.39 Å². The van der Waals surface area contributed by atoms with Crippen LogP contribution >= 0.6 is 0 Å². The Morgan fingerprint density at radius 1 is 1.08 bits per heavy atom. The zero-order valence-electron chi connectivity index (χ0n) is 15.0. The number of hydrogen-bond donors (Lipinski definition) is 2. The zero-order chi connectivity index (χ0) is 17.8. The fraction of sp³-hybridized carbons (Fsp3) is 0.409. The predicted molar refractivity (Wildman–Crippen MR) is 104 cm³/mol. The van der Waals surface area contributed by atoms with E-state index < -0.39 is 0 Å². The molecule has 0 saturated heterocycles. The van der Waals surface area contributed by atoms with Gasteiger partial charge in [0.25, 0.3) is 0 Å². The molecular formula is C22H26FN3. The molecule has 0 bridgehead atoms. The molecule has 2 N–H and O–H groups in total. The van der Waals surface area contributed by atoms with Crippen molar-refractivity contribution in [2.45, 2.75) is 43.7 Å². The van der Waals surface area contributed by atoms with Crippen LogP contribution in [0.4, 0.5) is 4.39 Å². The highest BCUT2D eigenvalue weighted by Crippen LogP contribution is 2.39. The van der Waals surface area contributed by atoms with Crippen molar-refractivity contribution in [2.75, 3.05) is 13.1 Å². The van der Waals surface area contributed by atoms with Crippen LogP contribution < -0.4 is 10.6 Å². The Morgan fingerprint density at radius 3 is 2.65 bits per heavy atom. The van der Waals surface area contributed by atoms with Gasteiger partial charge in [-0.3, -0.25) is 4.99 Å². The Morgan fingerprint density at radius 2 is 1.88 bits per heavy atom. The Hall–Kier alpha value is -2.20. The minimum Gasteiger partial charge on any atom is -0.368 e. The van der Waals surface area contributed by atoms with E-state index in [0.29, 0.717) is 12.5 Å². The van der Waals surface area contributed by atoms with Crippen molar-refractivity contribution in [1.29, 1.82) is 0 Å². The van der Waals surface area contributed by atoms with Crippen LogP contribution in [0.15, 0.2) is 59.6 Å². The summed E-state index contributed by atoms with van der Waals surface area (Å²) >= 11 is 0. The summed E-state index contributed by atoms with van der Waals surface area (Å²) in [5.74, 6) is 1.50. The average molecular weight is 351 g/mol. The average Bonchev–Trinajstić information content (AvgIpc) is 2.69. The lowest BCUT2D eigenvalue weighted by molar-refractivity contribution is 0.276. The summed E-state index contributed by atoms with van der Waals surface area (Å²) in [4.78, 5) is 4.79. The molecule has 1 spiro atoms. The minimum absolute atomic E-state index is 0.0448. The molecule has 3 nitrogen and oxygen atoms in total. The lowest BCUT2D eigenvalue weighted by Gasteiger charge is -2.44. The van der Waals surface area contributed by atoms with E-state index in [2.05, 4.69) is 41.0 Å². The fourth-order valence-electron chi connectivity index (χ4n) is 4.34. The van der Waals surface area contributed by atoms with E-state index >= 15 is 0 Å². The second-order valence-electron chi connectivity index (χ2n) is 7.41. The molecular weight excluding hydrogens is 325 g/mol. The Balaban J connectivity index is 1.43. The normalized spacial score (nSPS) is 25.7.